The SMILES string of the molecule is CC(CC(=O)N1CCCCC1CNC(=O)Nc1ccccc1)C1CCCNC1. The number of benzene rings is 1. The fraction of sp³-hybridized carbons (Fsp3) is 0.636. The lowest BCUT2D eigenvalue weighted by Crippen LogP contribution is -2.50. The van der Waals surface area contributed by atoms with E-state index in [1.54, 1.807) is 0 Å². The van der Waals surface area contributed by atoms with E-state index in [4.69, 9.17) is 0 Å². The summed E-state index contributed by atoms with van der Waals surface area (Å²) in [6, 6.07) is 9.29. The summed E-state index contributed by atoms with van der Waals surface area (Å²) in [5.41, 5.74) is 0.770. The molecule has 154 valence electrons. The van der Waals surface area contributed by atoms with Crippen molar-refractivity contribution in [3.63, 3.8) is 0 Å². The first-order valence-electron chi connectivity index (χ1n) is 10.7. The summed E-state index contributed by atoms with van der Waals surface area (Å²) in [6.07, 6.45) is 6.15. The molecule has 6 nitrogen and oxygen atoms in total. The second kappa shape index (κ2) is 10.5. The third-order valence-electron chi connectivity index (χ3n) is 6.11. The van der Waals surface area contributed by atoms with Crippen LogP contribution in [0.5, 0.6) is 0 Å². The van der Waals surface area contributed by atoms with Gasteiger partial charge in [-0.15, -0.1) is 0 Å². The lowest BCUT2D eigenvalue weighted by Gasteiger charge is -2.37. The van der Waals surface area contributed by atoms with Crippen molar-refractivity contribution in [2.24, 2.45) is 11.8 Å². The number of anilines is 1. The topological polar surface area (TPSA) is 73.5 Å². The quantitative estimate of drug-likeness (QED) is 0.703. The van der Waals surface area contributed by atoms with Gasteiger partial charge in [0.05, 0.1) is 0 Å². The molecule has 2 heterocycles. The molecule has 2 saturated heterocycles. The first-order chi connectivity index (χ1) is 13.6. The molecule has 2 aliphatic rings. The van der Waals surface area contributed by atoms with E-state index in [1.807, 2.05) is 35.2 Å². The van der Waals surface area contributed by atoms with E-state index < -0.39 is 0 Å². The summed E-state index contributed by atoms with van der Waals surface area (Å²) in [6.45, 7) is 5.64. The van der Waals surface area contributed by atoms with Crippen LogP contribution in [0.3, 0.4) is 0 Å². The van der Waals surface area contributed by atoms with Crippen LogP contribution in [-0.4, -0.2) is 49.1 Å². The van der Waals surface area contributed by atoms with Crippen molar-refractivity contribution in [3.8, 4) is 0 Å². The first-order valence-corrected chi connectivity index (χ1v) is 10.7. The Morgan fingerprint density at radius 1 is 1.18 bits per heavy atom. The molecule has 1 aromatic rings. The molecule has 0 aromatic heterocycles. The zero-order valence-electron chi connectivity index (χ0n) is 17.0. The van der Waals surface area contributed by atoms with Gasteiger partial charge in [-0.1, -0.05) is 25.1 Å². The van der Waals surface area contributed by atoms with Gasteiger partial charge in [0.15, 0.2) is 0 Å². The maximum atomic E-state index is 13.0. The number of carbonyl (C=O) groups excluding carboxylic acids is 2. The maximum absolute atomic E-state index is 13.0. The van der Waals surface area contributed by atoms with Crippen molar-refractivity contribution in [2.75, 3.05) is 31.5 Å². The summed E-state index contributed by atoms with van der Waals surface area (Å²) < 4.78 is 0. The second-order valence-corrected chi connectivity index (χ2v) is 8.23. The van der Waals surface area contributed by atoms with E-state index in [-0.39, 0.29) is 18.0 Å². The molecule has 0 aliphatic carbocycles. The lowest BCUT2D eigenvalue weighted by atomic mass is 9.85. The van der Waals surface area contributed by atoms with E-state index in [0.29, 0.717) is 24.8 Å². The third-order valence-corrected chi connectivity index (χ3v) is 6.11. The molecule has 6 heteroatoms. The van der Waals surface area contributed by atoms with Crippen molar-refractivity contribution in [2.45, 2.75) is 51.5 Å². The van der Waals surface area contributed by atoms with Crippen LogP contribution in [0.1, 0.15) is 45.4 Å². The molecule has 2 fully saturated rings. The van der Waals surface area contributed by atoms with Crippen LogP contribution in [0.25, 0.3) is 0 Å². The van der Waals surface area contributed by atoms with Gasteiger partial charge in [0, 0.05) is 31.2 Å². The van der Waals surface area contributed by atoms with Gasteiger partial charge in [0.1, 0.15) is 0 Å². The van der Waals surface area contributed by atoms with E-state index >= 15 is 0 Å². The first kappa shape index (κ1) is 20.6. The highest BCUT2D eigenvalue weighted by Gasteiger charge is 2.30. The number of urea groups is 1. The fourth-order valence-corrected chi connectivity index (χ4v) is 4.37. The predicted octanol–water partition coefficient (Wildman–Crippen LogP) is 3.22. The van der Waals surface area contributed by atoms with Crippen LogP contribution in [0.15, 0.2) is 30.3 Å². The van der Waals surface area contributed by atoms with Gasteiger partial charge in [0.2, 0.25) is 5.91 Å². The van der Waals surface area contributed by atoms with Crippen molar-refractivity contribution in [1.29, 1.82) is 0 Å². The molecular weight excluding hydrogens is 352 g/mol. The summed E-state index contributed by atoms with van der Waals surface area (Å²) >= 11 is 0. The Labute approximate surface area is 168 Å². The molecule has 3 unspecified atom stereocenters. The number of piperidine rings is 2. The van der Waals surface area contributed by atoms with E-state index in [2.05, 4.69) is 22.9 Å². The van der Waals surface area contributed by atoms with Crippen molar-refractivity contribution >= 4 is 17.6 Å². The zero-order chi connectivity index (χ0) is 19.8. The Morgan fingerprint density at radius 2 is 2.00 bits per heavy atom. The molecule has 1 aromatic carbocycles. The average molecular weight is 387 g/mol. The molecular formula is C22H34N4O2. The molecule has 0 bridgehead atoms. The van der Waals surface area contributed by atoms with Gasteiger partial charge in [-0.05, 0) is 69.2 Å². The number of likely N-dealkylation sites (tertiary alicyclic amines) is 1. The summed E-state index contributed by atoms with van der Waals surface area (Å²) in [7, 11) is 0. The largest absolute Gasteiger partial charge is 0.338 e. The van der Waals surface area contributed by atoms with Crippen molar-refractivity contribution in [1.82, 2.24) is 15.5 Å². The maximum Gasteiger partial charge on any atom is 0.319 e. The highest BCUT2D eigenvalue weighted by molar-refractivity contribution is 5.89. The zero-order valence-corrected chi connectivity index (χ0v) is 17.0. The van der Waals surface area contributed by atoms with Crippen LogP contribution in [0.4, 0.5) is 10.5 Å². The van der Waals surface area contributed by atoms with Gasteiger partial charge < -0.3 is 20.9 Å². The molecule has 0 radical (unpaired) electrons. The van der Waals surface area contributed by atoms with Gasteiger partial charge in [0.25, 0.3) is 0 Å². The number of para-hydroxylation sites is 1. The summed E-state index contributed by atoms with van der Waals surface area (Å²) in [4.78, 5) is 27.2. The van der Waals surface area contributed by atoms with Crippen LogP contribution in [0, 0.1) is 11.8 Å². The lowest BCUT2D eigenvalue weighted by molar-refractivity contribution is -0.136. The Hall–Kier alpha value is -2.08. The third kappa shape index (κ3) is 5.96. The predicted molar refractivity (Wildman–Crippen MR) is 112 cm³/mol. The van der Waals surface area contributed by atoms with Gasteiger partial charge in [-0.25, -0.2) is 4.79 Å². The highest BCUT2D eigenvalue weighted by atomic mass is 16.2. The standard InChI is InChI=1S/C22H34N4O2/c1-17(18-8-7-12-23-15-18)14-21(27)26-13-6-5-11-20(26)16-24-22(28)25-19-9-3-2-4-10-19/h2-4,9-10,17-18,20,23H,5-8,11-16H2,1H3,(H2,24,25,28). The smallest absolute Gasteiger partial charge is 0.319 e. The van der Waals surface area contributed by atoms with E-state index in [0.717, 1.165) is 44.6 Å². The van der Waals surface area contributed by atoms with E-state index in [1.165, 1.54) is 12.8 Å². The van der Waals surface area contributed by atoms with Gasteiger partial charge in [-0.3, -0.25) is 4.79 Å². The minimum Gasteiger partial charge on any atom is -0.338 e. The number of amides is 3. The normalized spacial score (nSPS) is 23.7. The molecule has 2 aliphatic heterocycles. The Balaban J connectivity index is 1.48. The molecule has 3 N–H and O–H groups in total. The van der Waals surface area contributed by atoms with E-state index in [9.17, 15) is 9.59 Å². The minimum atomic E-state index is -0.217. The molecule has 3 atom stereocenters. The summed E-state index contributed by atoms with van der Waals surface area (Å²) in [5.74, 6) is 1.24. The van der Waals surface area contributed by atoms with Crippen molar-refractivity contribution < 1.29 is 9.59 Å². The molecule has 28 heavy (non-hydrogen) atoms. The highest BCUT2D eigenvalue weighted by Crippen LogP contribution is 2.25. The Kier molecular flexibility index (Phi) is 7.71. The number of hydrogen-bond acceptors (Lipinski definition) is 3. The Bertz CT molecular complexity index is 631. The van der Waals surface area contributed by atoms with Crippen LogP contribution >= 0.6 is 0 Å². The minimum absolute atomic E-state index is 0.0967. The average Bonchev–Trinajstić information content (AvgIpc) is 2.73. The molecule has 0 spiro atoms. The number of hydrogen-bond donors (Lipinski definition) is 3. The number of rotatable bonds is 6. The number of carbonyl (C=O) groups is 2. The fourth-order valence-electron chi connectivity index (χ4n) is 4.37. The monoisotopic (exact) mass is 386 g/mol. The molecule has 0 saturated carbocycles. The number of nitrogens with zero attached hydrogens (tertiary/aromatic N) is 1. The van der Waals surface area contributed by atoms with Crippen molar-refractivity contribution in [3.05, 3.63) is 30.3 Å². The molecule has 3 amide bonds. The van der Waals surface area contributed by atoms with Gasteiger partial charge in [-0.2, -0.15) is 0 Å². The number of nitrogens with one attached hydrogen (secondary N) is 3. The Morgan fingerprint density at radius 3 is 2.75 bits per heavy atom. The van der Waals surface area contributed by atoms with Gasteiger partial charge >= 0.3 is 6.03 Å². The van der Waals surface area contributed by atoms with Crippen LogP contribution < -0.4 is 16.0 Å². The second-order valence-electron chi connectivity index (χ2n) is 8.23. The van der Waals surface area contributed by atoms with Crippen LogP contribution in [-0.2, 0) is 4.79 Å². The van der Waals surface area contributed by atoms with Crippen LogP contribution in [0.2, 0.25) is 0 Å². The summed E-state index contributed by atoms with van der Waals surface area (Å²) in [5, 5.41) is 9.24. The molecule has 3 rings (SSSR count).